The smallest absolute Gasteiger partial charge is 0.451 e. The minimum Gasteiger partial charge on any atom is -0.473 e. The maximum Gasteiger partial charge on any atom is 0.451 e. The lowest BCUT2D eigenvalue weighted by Gasteiger charge is -2.10. The summed E-state index contributed by atoms with van der Waals surface area (Å²) in [6.45, 7) is 0.0964. The zero-order valence-corrected chi connectivity index (χ0v) is 10.2. The second-order valence-electron chi connectivity index (χ2n) is 3.83. The molecule has 0 fully saturated rings. The first-order valence-electron chi connectivity index (χ1n) is 5.58. The van der Waals surface area contributed by atoms with Crippen LogP contribution < -0.4 is 16.0 Å². The fraction of sp³-hybridized carbons (Fsp3) is 0.167. The van der Waals surface area contributed by atoms with Crippen molar-refractivity contribution in [1.29, 1.82) is 0 Å². The third kappa shape index (κ3) is 3.58. The first kappa shape index (κ1) is 14.1. The second-order valence-corrected chi connectivity index (χ2v) is 3.83. The second kappa shape index (κ2) is 5.74. The average Bonchev–Trinajstić information content (AvgIpc) is 2.45. The number of hydrogen-bond acceptors (Lipinski definition) is 5. The van der Waals surface area contributed by atoms with E-state index in [1.165, 1.54) is 6.07 Å². The van der Waals surface area contributed by atoms with Crippen molar-refractivity contribution < 1.29 is 17.9 Å². The summed E-state index contributed by atoms with van der Waals surface area (Å²) in [5, 5.41) is 0. The van der Waals surface area contributed by atoms with E-state index in [2.05, 4.69) is 9.97 Å². The lowest BCUT2D eigenvalue weighted by Crippen LogP contribution is -2.16. The number of halogens is 3. The van der Waals surface area contributed by atoms with Gasteiger partial charge in [0.1, 0.15) is 12.4 Å². The molecule has 0 saturated carbocycles. The SMILES string of the molecule is NNc1cc(OCc2ccccc2)nc(C(F)(F)F)n1. The molecule has 20 heavy (non-hydrogen) atoms. The fourth-order valence-electron chi connectivity index (χ4n) is 1.43. The van der Waals surface area contributed by atoms with Crippen LogP contribution in [0.15, 0.2) is 36.4 Å². The summed E-state index contributed by atoms with van der Waals surface area (Å²) in [5.41, 5.74) is 2.85. The van der Waals surface area contributed by atoms with E-state index in [9.17, 15) is 13.2 Å². The average molecular weight is 284 g/mol. The molecule has 2 aromatic rings. The molecule has 0 aliphatic rings. The third-order valence-corrected chi connectivity index (χ3v) is 2.33. The molecule has 2 rings (SSSR count). The highest BCUT2D eigenvalue weighted by molar-refractivity contribution is 5.37. The monoisotopic (exact) mass is 284 g/mol. The van der Waals surface area contributed by atoms with Crippen molar-refractivity contribution >= 4 is 5.82 Å². The normalized spacial score (nSPS) is 11.2. The molecule has 0 saturated heterocycles. The Morgan fingerprint density at radius 3 is 2.45 bits per heavy atom. The molecule has 106 valence electrons. The molecular weight excluding hydrogens is 273 g/mol. The van der Waals surface area contributed by atoms with Gasteiger partial charge in [0.2, 0.25) is 11.7 Å². The van der Waals surface area contributed by atoms with Crippen molar-refractivity contribution in [1.82, 2.24) is 9.97 Å². The minimum atomic E-state index is -4.67. The van der Waals surface area contributed by atoms with Gasteiger partial charge in [-0.15, -0.1) is 0 Å². The number of benzene rings is 1. The van der Waals surface area contributed by atoms with Gasteiger partial charge >= 0.3 is 6.18 Å². The van der Waals surface area contributed by atoms with Crippen molar-refractivity contribution in [3.8, 4) is 5.88 Å². The Hall–Kier alpha value is -2.35. The summed E-state index contributed by atoms with van der Waals surface area (Å²) in [6.07, 6.45) is -4.67. The first-order valence-corrected chi connectivity index (χ1v) is 5.58. The quantitative estimate of drug-likeness (QED) is 0.666. The van der Waals surface area contributed by atoms with Crippen molar-refractivity contribution in [2.24, 2.45) is 5.84 Å². The van der Waals surface area contributed by atoms with Gasteiger partial charge in [-0.1, -0.05) is 30.3 Å². The molecule has 1 aromatic carbocycles. The number of nitrogens with one attached hydrogen (secondary N) is 1. The molecule has 5 nitrogen and oxygen atoms in total. The summed E-state index contributed by atoms with van der Waals surface area (Å²) in [7, 11) is 0. The zero-order valence-electron chi connectivity index (χ0n) is 10.2. The summed E-state index contributed by atoms with van der Waals surface area (Å²) < 4.78 is 43.0. The van der Waals surface area contributed by atoms with Crippen LogP contribution in [0.5, 0.6) is 5.88 Å². The van der Waals surface area contributed by atoms with Gasteiger partial charge in [-0.25, -0.2) is 10.8 Å². The summed E-state index contributed by atoms with van der Waals surface area (Å²) >= 11 is 0. The molecule has 0 unspecified atom stereocenters. The summed E-state index contributed by atoms with van der Waals surface area (Å²) in [4.78, 5) is 6.54. The maximum absolute atomic E-state index is 12.6. The largest absolute Gasteiger partial charge is 0.473 e. The van der Waals surface area contributed by atoms with Crippen LogP contribution >= 0.6 is 0 Å². The van der Waals surface area contributed by atoms with Crippen LogP contribution in [0.2, 0.25) is 0 Å². The Morgan fingerprint density at radius 2 is 1.85 bits per heavy atom. The number of ether oxygens (including phenoxy) is 1. The van der Waals surface area contributed by atoms with Gasteiger partial charge in [-0.05, 0) is 5.56 Å². The van der Waals surface area contributed by atoms with E-state index in [0.717, 1.165) is 5.56 Å². The number of nitrogen functional groups attached to an aromatic ring is 1. The van der Waals surface area contributed by atoms with Crippen molar-refractivity contribution in [2.75, 3.05) is 5.43 Å². The van der Waals surface area contributed by atoms with Crippen LogP contribution in [0.3, 0.4) is 0 Å². The number of anilines is 1. The molecule has 0 radical (unpaired) electrons. The maximum atomic E-state index is 12.6. The molecule has 1 aromatic heterocycles. The molecule has 8 heteroatoms. The van der Waals surface area contributed by atoms with Crippen LogP contribution in [-0.2, 0) is 12.8 Å². The number of hydrogen-bond donors (Lipinski definition) is 2. The zero-order chi connectivity index (χ0) is 14.6. The highest BCUT2D eigenvalue weighted by Gasteiger charge is 2.35. The van der Waals surface area contributed by atoms with E-state index in [4.69, 9.17) is 10.6 Å². The molecule has 0 bridgehead atoms. The third-order valence-electron chi connectivity index (χ3n) is 2.33. The number of nitrogens with zero attached hydrogens (tertiary/aromatic N) is 2. The predicted octanol–water partition coefficient (Wildman–Crippen LogP) is 2.36. The Kier molecular flexibility index (Phi) is 4.04. The van der Waals surface area contributed by atoms with Crippen molar-refractivity contribution in [3.05, 3.63) is 47.8 Å². The summed E-state index contributed by atoms with van der Waals surface area (Å²) in [6, 6.07) is 10.2. The molecule has 0 aliphatic carbocycles. The lowest BCUT2D eigenvalue weighted by molar-refractivity contribution is -0.145. The Morgan fingerprint density at radius 1 is 1.15 bits per heavy atom. The van der Waals surface area contributed by atoms with Gasteiger partial charge in [-0.2, -0.15) is 18.2 Å². The van der Waals surface area contributed by atoms with E-state index in [-0.39, 0.29) is 18.3 Å². The number of alkyl halides is 3. The lowest BCUT2D eigenvalue weighted by atomic mass is 10.2. The molecule has 1 heterocycles. The molecule has 3 N–H and O–H groups in total. The molecule has 0 amide bonds. The first-order chi connectivity index (χ1) is 9.49. The van der Waals surface area contributed by atoms with E-state index in [1.54, 1.807) is 24.3 Å². The van der Waals surface area contributed by atoms with Gasteiger partial charge in [0.15, 0.2) is 0 Å². The van der Waals surface area contributed by atoms with Crippen molar-refractivity contribution in [3.63, 3.8) is 0 Å². The Bertz CT molecular complexity index is 575. The van der Waals surface area contributed by atoms with E-state index < -0.39 is 12.0 Å². The molecule has 0 atom stereocenters. The number of rotatable bonds is 4. The Labute approximate surface area is 112 Å². The van der Waals surface area contributed by atoms with Crippen LogP contribution in [0, 0.1) is 0 Å². The highest BCUT2D eigenvalue weighted by Crippen LogP contribution is 2.28. The fourth-order valence-corrected chi connectivity index (χ4v) is 1.43. The van der Waals surface area contributed by atoms with Crippen LogP contribution in [0.25, 0.3) is 0 Å². The van der Waals surface area contributed by atoms with Gasteiger partial charge in [0.25, 0.3) is 0 Å². The topological polar surface area (TPSA) is 73.1 Å². The van der Waals surface area contributed by atoms with Gasteiger partial charge in [-0.3, -0.25) is 0 Å². The molecule has 0 aliphatic heterocycles. The number of hydrazine groups is 1. The van der Waals surface area contributed by atoms with E-state index in [0.29, 0.717) is 0 Å². The molecular formula is C12H11F3N4O. The van der Waals surface area contributed by atoms with Crippen molar-refractivity contribution in [2.45, 2.75) is 12.8 Å². The number of aromatic nitrogens is 2. The van der Waals surface area contributed by atoms with Gasteiger partial charge in [0.05, 0.1) is 0 Å². The number of nitrogens with two attached hydrogens (primary N) is 1. The van der Waals surface area contributed by atoms with Crippen LogP contribution in [0.1, 0.15) is 11.4 Å². The predicted molar refractivity (Wildman–Crippen MR) is 65.6 cm³/mol. The minimum absolute atomic E-state index is 0.0964. The van der Waals surface area contributed by atoms with Gasteiger partial charge < -0.3 is 10.2 Å². The van der Waals surface area contributed by atoms with Crippen LogP contribution in [-0.4, -0.2) is 9.97 Å². The van der Waals surface area contributed by atoms with E-state index in [1.807, 2.05) is 11.5 Å². The van der Waals surface area contributed by atoms with Gasteiger partial charge in [0, 0.05) is 6.07 Å². The highest BCUT2D eigenvalue weighted by atomic mass is 19.4. The standard InChI is InChI=1S/C12H11F3N4O/c13-12(14,15)11-17-9(19-16)6-10(18-11)20-7-8-4-2-1-3-5-8/h1-6H,7,16H2,(H,17,18,19). The summed E-state index contributed by atoms with van der Waals surface area (Å²) in [5.74, 6) is 3.39. The van der Waals surface area contributed by atoms with E-state index >= 15 is 0 Å². The van der Waals surface area contributed by atoms with Crippen LogP contribution in [0.4, 0.5) is 19.0 Å². The Balaban J connectivity index is 2.19. The molecule has 0 spiro atoms.